The van der Waals surface area contributed by atoms with E-state index < -0.39 is 6.09 Å². The van der Waals surface area contributed by atoms with E-state index in [-0.39, 0.29) is 22.7 Å². The Morgan fingerprint density at radius 1 is 1.29 bits per heavy atom. The van der Waals surface area contributed by atoms with Crippen molar-refractivity contribution >= 4 is 63.7 Å². The van der Waals surface area contributed by atoms with Crippen molar-refractivity contribution in [1.29, 1.82) is 0 Å². The number of hydrogen-bond donors (Lipinski definition) is 5. The summed E-state index contributed by atoms with van der Waals surface area (Å²) in [6, 6.07) is 7.06. The van der Waals surface area contributed by atoms with Crippen molar-refractivity contribution in [1.82, 2.24) is 5.32 Å². The first-order chi connectivity index (χ1) is 9.86. The third-order valence-electron chi connectivity index (χ3n) is 1.73. The molecule has 0 atom stereocenters. The fourth-order valence-corrected chi connectivity index (χ4v) is 1.29. The molecule has 0 unspecified atom stereocenters. The lowest BCUT2D eigenvalue weighted by Gasteiger charge is -2.10. The zero-order valence-electron chi connectivity index (χ0n) is 11.0. The molecule has 0 radical (unpaired) electrons. The zero-order valence-corrected chi connectivity index (χ0v) is 13.4. The van der Waals surface area contributed by atoms with Gasteiger partial charge in [0.1, 0.15) is 6.61 Å². The highest BCUT2D eigenvalue weighted by Gasteiger charge is 2.06. The van der Waals surface area contributed by atoms with Gasteiger partial charge in [0, 0.05) is 0 Å². The van der Waals surface area contributed by atoms with E-state index in [1.165, 1.54) is 0 Å². The molecule has 10 heteroatoms. The van der Waals surface area contributed by atoms with Gasteiger partial charge in [0.15, 0.2) is 10.2 Å². The Labute approximate surface area is 138 Å². The number of carbonyl (C=O) groups excluding carboxylic acids is 1. The van der Waals surface area contributed by atoms with Crippen LogP contribution in [0.1, 0.15) is 0 Å². The van der Waals surface area contributed by atoms with E-state index >= 15 is 0 Å². The molecule has 0 aliphatic carbocycles. The van der Waals surface area contributed by atoms with Gasteiger partial charge in [-0.15, -0.1) is 11.6 Å². The highest BCUT2D eigenvalue weighted by atomic mass is 35.5. The number of alkyl carbamates (subject to hydrolysis) is 1. The summed E-state index contributed by atoms with van der Waals surface area (Å²) in [4.78, 5) is 11.1. The number of amides is 1. The maximum Gasteiger partial charge on any atom is 0.413 e. The number of carbonyl (C=O) groups is 1. The summed E-state index contributed by atoms with van der Waals surface area (Å²) in [5, 5.41) is 5.23. The number of rotatable bonds is 3. The summed E-state index contributed by atoms with van der Waals surface area (Å²) in [6.07, 6.45) is -0.655. The molecule has 116 valence electrons. The zero-order chi connectivity index (χ0) is 16.3. The molecule has 0 heterocycles. The minimum absolute atomic E-state index is 0.000000000000000222. The van der Waals surface area contributed by atoms with Gasteiger partial charge in [-0.05, 0) is 36.6 Å². The Morgan fingerprint density at radius 2 is 1.86 bits per heavy atom. The molecule has 0 saturated heterocycles. The normalized spacial score (nSPS) is 8.81. The Bertz CT molecular complexity index is 497. The number of nitrogens with one attached hydrogen (secondary N) is 2. The van der Waals surface area contributed by atoms with Crippen molar-refractivity contribution in [2.45, 2.75) is 0 Å². The summed E-state index contributed by atoms with van der Waals surface area (Å²) in [7, 11) is 0. The van der Waals surface area contributed by atoms with Crippen LogP contribution in [0, 0.1) is 0 Å². The van der Waals surface area contributed by atoms with Crippen LogP contribution >= 0.6 is 36.0 Å². The smallest absolute Gasteiger partial charge is 0.413 e. The number of alkyl halides is 1. The van der Waals surface area contributed by atoms with Crippen LogP contribution in [-0.2, 0) is 4.74 Å². The van der Waals surface area contributed by atoms with Crippen molar-refractivity contribution in [3.63, 3.8) is 0 Å². The molecule has 7 nitrogen and oxygen atoms in total. The molecule has 0 bridgehead atoms. The van der Waals surface area contributed by atoms with Gasteiger partial charge in [-0.1, -0.05) is 12.1 Å². The molecule has 0 aliphatic heterocycles. The minimum atomic E-state index is -0.655. The number of para-hydroxylation sites is 2. The van der Waals surface area contributed by atoms with E-state index in [1.54, 1.807) is 24.3 Å². The number of benzene rings is 1. The summed E-state index contributed by atoms with van der Waals surface area (Å²) >= 11 is 14.4. The Hall–Kier alpha value is -1.84. The fourth-order valence-electron chi connectivity index (χ4n) is 1.02. The molecule has 8 N–H and O–H groups in total. The van der Waals surface area contributed by atoms with Gasteiger partial charge in [-0.2, -0.15) is 0 Å². The largest absolute Gasteiger partial charge is 0.448 e. The predicted octanol–water partition coefficient (Wildman–Crippen LogP) is 1.12. The van der Waals surface area contributed by atoms with Gasteiger partial charge in [0.25, 0.3) is 0 Å². The first-order valence-electron chi connectivity index (χ1n) is 5.57. The summed E-state index contributed by atoms with van der Waals surface area (Å²) < 4.78 is 4.69. The molecule has 1 aromatic carbocycles. The van der Waals surface area contributed by atoms with Crippen LogP contribution in [0.3, 0.4) is 0 Å². The highest BCUT2D eigenvalue weighted by Crippen LogP contribution is 2.16. The summed E-state index contributed by atoms with van der Waals surface area (Å²) in [5.41, 5.74) is 16.1. The molecule has 1 rings (SSSR count). The van der Waals surface area contributed by atoms with Crippen LogP contribution in [0.15, 0.2) is 24.3 Å². The van der Waals surface area contributed by atoms with E-state index in [4.69, 9.17) is 29.6 Å². The summed E-state index contributed by atoms with van der Waals surface area (Å²) in [6.45, 7) is 0.128. The second-order valence-corrected chi connectivity index (χ2v) is 4.65. The minimum Gasteiger partial charge on any atom is -0.448 e. The lowest BCUT2D eigenvalue weighted by Crippen LogP contribution is -2.35. The first kappa shape index (κ1) is 19.2. The molecular weight excluding hydrogens is 334 g/mol. The third kappa shape index (κ3) is 10.6. The van der Waals surface area contributed by atoms with Crippen molar-refractivity contribution in [3.05, 3.63) is 24.3 Å². The van der Waals surface area contributed by atoms with Crippen LogP contribution < -0.4 is 27.8 Å². The van der Waals surface area contributed by atoms with Gasteiger partial charge >= 0.3 is 6.09 Å². The molecule has 0 fully saturated rings. The van der Waals surface area contributed by atoms with Gasteiger partial charge < -0.3 is 27.3 Å². The highest BCUT2D eigenvalue weighted by molar-refractivity contribution is 7.80. The van der Waals surface area contributed by atoms with Crippen LogP contribution in [0.2, 0.25) is 0 Å². The maximum absolute atomic E-state index is 11.1. The first-order valence-corrected chi connectivity index (χ1v) is 6.92. The number of anilines is 2. The fraction of sp³-hybridized carbons (Fsp3) is 0.182. The van der Waals surface area contributed by atoms with Crippen LogP contribution in [0.5, 0.6) is 0 Å². The van der Waals surface area contributed by atoms with E-state index in [0.29, 0.717) is 11.4 Å². The predicted molar refractivity (Wildman–Crippen MR) is 93.3 cm³/mol. The van der Waals surface area contributed by atoms with Crippen molar-refractivity contribution in [2.24, 2.45) is 11.5 Å². The standard InChI is InChI=1S/C10H12ClN3O2S.CH4N2S/c11-5-6-16-10(15)14-9(17)13-8-4-2-1-3-7(8)12;2-1(3)4/h1-4H,5-6,12H2,(H2,13,14,15,17);(H4,2,3,4). The molecular formula is C11H16ClN5O2S2. The van der Waals surface area contributed by atoms with E-state index in [9.17, 15) is 4.79 Å². The second-order valence-electron chi connectivity index (χ2n) is 3.39. The quantitative estimate of drug-likeness (QED) is 0.312. The maximum atomic E-state index is 11.1. The number of thiocarbonyl (C=S) groups is 2. The number of hydrogen-bond acceptors (Lipinski definition) is 5. The Kier molecular flexibility index (Phi) is 9.94. The number of nitrogen functional groups attached to an aromatic ring is 1. The van der Waals surface area contributed by atoms with Gasteiger partial charge in [0.05, 0.1) is 17.3 Å². The van der Waals surface area contributed by atoms with Gasteiger partial charge in [0.2, 0.25) is 0 Å². The topological polar surface area (TPSA) is 128 Å². The number of ether oxygens (including phenoxy) is 1. The molecule has 0 spiro atoms. The monoisotopic (exact) mass is 349 g/mol. The van der Waals surface area contributed by atoms with E-state index in [1.807, 2.05) is 0 Å². The molecule has 0 aromatic heterocycles. The molecule has 0 aliphatic rings. The molecule has 1 amide bonds. The SMILES string of the molecule is NC(N)=S.Nc1ccccc1NC(=S)NC(=O)OCCCl. The Balaban J connectivity index is 0.000000885. The lowest BCUT2D eigenvalue weighted by atomic mass is 10.3. The average molecular weight is 350 g/mol. The van der Waals surface area contributed by atoms with Crippen LogP contribution in [-0.4, -0.2) is 28.8 Å². The number of nitrogens with two attached hydrogens (primary N) is 3. The summed E-state index contributed by atoms with van der Waals surface area (Å²) in [5.74, 6) is 0.235. The average Bonchev–Trinajstić information content (AvgIpc) is 2.38. The number of halogens is 1. The third-order valence-corrected chi connectivity index (χ3v) is 2.09. The van der Waals surface area contributed by atoms with Crippen molar-refractivity contribution < 1.29 is 9.53 Å². The second kappa shape index (κ2) is 10.9. The van der Waals surface area contributed by atoms with Gasteiger partial charge in [-0.25, -0.2) is 4.79 Å². The molecule has 0 saturated carbocycles. The van der Waals surface area contributed by atoms with Crippen molar-refractivity contribution in [2.75, 3.05) is 23.5 Å². The lowest BCUT2D eigenvalue weighted by molar-refractivity contribution is 0.158. The molecule has 1 aromatic rings. The van der Waals surface area contributed by atoms with E-state index in [2.05, 4.69) is 39.1 Å². The van der Waals surface area contributed by atoms with Crippen molar-refractivity contribution in [3.8, 4) is 0 Å². The molecule has 21 heavy (non-hydrogen) atoms. The van der Waals surface area contributed by atoms with E-state index in [0.717, 1.165) is 0 Å². The van der Waals surface area contributed by atoms with Crippen LogP contribution in [0.25, 0.3) is 0 Å². The van der Waals surface area contributed by atoms with Gasteiger partial charge in [-0.3, -0.25) is 5.32 Å². The van der Waals surface area contributed by atoms with Crippen LogP contribution in [0.4, 0.5) is 16.2 Å². The Morgan fingerprint density at radius 3 is 2.38 bits per heavy atom.